The number of amides is 1. The highest BCUT2D eigenvalue weighted by Gasteiger charge is 2.34. The molecule has 8 heteroatoms. The number of carbonyl (C=O) groups excluding carboxylic acids is 1. The van der Waals surface area contributed by atoms with Gasteiger partial charge in [0.05, 0.1) is 16.9 Å². The van der Waals surface area contributed by atoms with Gasteiger partial charge in [-0.25, -0.2) is 0 Å². The molecule has 1 aromatic rings. The standard InChI is InChI=1S/C8H14N6OS/c1-3-8(2,6(9)16)7(15)10-4-5-11-13-14-12-5/h3-4H2,1-2H3,(H2,9,16)(H,10,15)(H,11,12,13,14). The molecule has 1 rings (SSSR count). The Morgan fingerprint density at radius 1 is 1.69 bits per heavy atom. The molecule has 0 fully saturated rings. The van der Waals surface area contributed by atoms with Crippen LogP contribution in [0.5, 0.6) is 0 Å². The van der Waals surface area contributed by atoms with Gasteiger partial charge in [0.25, 0.3) is 0 Å². The van der Waals surface area contributed by atoms with Crippen molar-refractivity contribution in [2.24, 2.45) is 11.1 Å². The molecule has 0 aliphatic carbocycles. The third kappa shape index (κ3) is 2.51. The number of hydrogen-bond acceptors (Lipinski definition) is 5. The maximum atomic E-state index is 11.9. The first kappa shape index (κ1) is 12.5. The van der Waals surface area contributed by atoms with Crippen LogP contribution in [0.1, 0.15) is 26.1 Å². The first-order chi connectivity index (χ1) is 7.50. The first-order valence-electron chi connectivity index (χ1n) is 4.81. The number of tetrazole rings is 1. The van der Waals surface area contributed by atoms with Gasteiger partial charge in [0.1, 0.15) is 0 Å². The molecular formula is C8H14N6OS. The number of H-pyrrole nitrogens is 1. The summed E-state index contributed by atoms with van der Waals surface area (Å²) in [6, 6.07) is 0. The molecule has 0 saturated heterocycles. The quantitative estimate of drug-likeness (QED) is 0.601. The van der Waals surface area contributed by atoms with E-state index in [0.29, 0.717) is 12.2 Å². The van der Waals surface area contributed by atoms with Crippen molar-refractivity contribution in [1.82, 2.24) is 25.9 Å². The lowest BCUT2D eigenvalue weighted by molar-refractivity contribution is -0.127. The SMILES string of the molecule is CCC(C)(C(=O)NCc1nn[nH]n1)C(N)=S. The number of rotatable bonds is 5. The number of nitrogens with zero attached hydrogens (tertiary/aromatic N) is 3. The maximum Gasteiger partial charge on any atom is 0.233 e. The van der Waals surface area contributed by atoms with Crippen molar-refractivity contribution in [1.29, 1.82) is 0 Å². The van der Waals surface area contributed by atoms with E-state index in [1.807, 2.05) is 6.92 Å². The summed E-state index contributed by atoms with van der Waals surface area (Å²) in [5.74, 6) is 0.182. The number of aromatic nitrogens is 4. The zero-order valence-electron chi connectivity index (χ0n) is 9.15. The highest BCUT2D eigenvalue weighted by molar-refractivity contribution is 7.80. The minimum absolute atomic E-state index is 0.181. The molecule has 0 aliphatic heterocycles. The molecule has 0 radical (unpaired) electrons. The molecule has 16 heavy (non-hydrogen) atoms. The Labute approximate surface area is 98.2 Å². The third-order valence-electron chi connectivity index (χ3n) is 2.55. The van der Waals surface area contributed by atoms with Crippen LogP contribution in [0.3, 0.4) is 0 Å². The van der Waals surface area contributed by atoms with Crippen LogP contribution in [0, 0.1) is 5.41 Å². The van der Waals surface area contributed by atoms with Gasteiger partial charge in [-0.05, 0) is 13.3 Å². The summed E-state index contributed by atoms with van der Waals surface area (Å²) >= 11 is 4.89. The average Bonchev–Trinajstić information content (AvgIpc) is 2.77. The number of thiocarbonyl (C=S) groups is 1. The Kier molecular flexibility index (Phi) is 3.88. The van der Waals surface area contributed by atoms with E-state index in [1.165, 1.54) is 0 Å². The van der Waals surface area contributed by atoms with Crippen molar-refractivity contribution in [3.05, 3.63) is 5.82 Å². The van der Waals surface area contributed by atoms with Gasteiger partial charge in [-0.2, -0.15) is 5.21 Å². The van der Waals surface area contributed by atoms with E-state index in [-0.39, 0.29) is 17.4 Å². The van der Waals surface area contributed by atoms with E-state index in [0.717, 1.165) is 0 Å². The van der Waals surface area contributed by atoms with Gasteiger partial charge < -0.3 is 11.1 Å². The van der Waals surface area contributed by atoms with Crippen LogP contribution in [0.15, 0.2) is 0 Å². The number of aromatic amines is 1. The van der Waals surface area contributed by atoms with Gasteiger partial charge in [-0.3, -0.25) is 4.79 Å². The number of hydrogen-bond donors (Lipinski definition) is 3. The van der Waals surface area contributed by atoms with E-state index in [4.69, 9.17) is 18.0 Å². The van der Waals surface area contributed by atoms with Crippen LogP contribution in [-0.2, 0) is 11.3 Å². The molecule has 1 heterocycles. The Morgan fingerprint density at radius 3 is 2.81 bits per heavy atom. The maximum absolute atomic E-state index is 11.9. The first-order valence-corrected chi connectivity index (χ1v) is 5.22. The third-order valence-corrected chi connectivity index (χ3v) is 3.00. The molecule has 1 unspecified atom stereocenters. The van der Waals surface area contributed by atoms with Crippen molar-refractivity contribution in [2.45, 2.75) is 26.8 Å². The van der Waals surface area contributed by atoms with E-state index >= 15 is 0 Å². The monoisotopic (exact) mass is 242 g/mol. The van der Waals surface area contributed by atoms with Crippen LogP contribution in [-0.4, -0.2) is 31.5 Å². The summed E-state index contributed by atoms with van der Waals surface area (Å²) in [6.07, 6.45) is 0.542. The van der Waals surface area contributed by atoms with E-state index in [2.05, 4.69) is 25.9 Å². The Bertz CT molecular complexity index is 378. The molecule has 7 nitrogen and oxygen atoms in total. The van der Waals surface area contributed by atoms with Crippen molar-refractivity contribution < 1.29 is 4.79 Å². The predicted molar refractivity (Wildman–Crippen MR) is 61.2 cm³/mol. The summed E-state index contributed by atoms with van der Waals surface area (Å²) in [6.45, 7) is 3.77. The molecule has 4 N–H and O–H groups in total. The van der Waals surface area contributed by atoms with E-state index in [9.17, 15) is 4.79 Å². The molecule has 0 spiro atoms. The second-order valence-electron chi connectivity index (χ2n) is 3.56. The Morgan fingerprint density at radius 2 is 2.38 bits per heavy atom. The van der Waals surface area contributed by atoms with Gasteiger partial charge in [-0.1, -0.05) is 24.4 Å². The molecular weight excluding hydrogens is 228 g/mol. The minimum Gasteiger partial charge on any atom is -0.392 e. The lowest BCUT2D eigenvalue weighted by atomic mass is 9.86. The fourth-order valence-electron chi connectivity index (χ4n) is 1.06. The second-order valence-corrected chi connectivity index (χ2v) is 4.00. The number of nitrogens with one attached hydrogen (secondary N) is 2. The van der Waals surface area contributed by atoms with Crippen LogP contribution in [0.4, 0.5) is 0 Å². The fraction of sp³-hybridized carbons (Fsp3) is 0.625. The van der Waals surface area contributed by atoms with Gasteiger partial charge in [0, 0.05) is 0 Å². The zero-order valence-corrected chi connectivity index (χ0v) is 9.97. The molecule has 0 aliphatic rings. The predicted octanol–water partition coefficient (Wildman–Crippen LogP) is -0.482. The molecule has 1 aromatic heterocycles. The van der Waals surface area contributed by atoms with Gasteiger partial charge in [0.15, 0.2) is 5.82 Å². The summed E-state index contributed by atoms with van der Waals surface area (Å²) < 4.78 is 0. The summed E-state index contributed by atoms with van der Waals surface area (Å²) in [4.78, 5) is 12.0. The summed E-state index contributed by atoms with van der Waals surface area (Å²) in [7, 11) is 0. The Hall–Kier alpha value is -1.57. The number of carbonyl (C=O) groups is 1. The second kappa shape index (κ2) is 4.97. The van der Waals surface area contributed by atoms with E-state index < -0.39 is 5.41 Å². The molecule has 0 bridgehead atoms. The fourth-order valence-corrected chi connectivity index (χ4v) is 1.30. The molecule has 0 aromatic carbocycles. The van der Waals surface area contributed by atoms with Gasteiger partial charge in [0.2, 0.25) is 5.91 Å². The molecule has 1 atom stereocenters. The molecule has 88 valence electrons. The van der Waals surface area contributed by atoms with Crippen molar-refractivity contribution >= 4 is 23.1 Å². The lowest BCUT2D eigenvalue weighted by Crippen LogP contribution is -2.46. The summed E-state index contributed by atoms with van der Waals surface area (Å²) in [5, 5.41) is 15.8. The number of nitrogens with two attached hydrogens (primary N) is 1. The van der Waals surface area contributed by atoms with E-state index in [1.54, 1.807) is 6.92 Å². The molecule has 1 amide bonds. The van der Waals surface area contributed by atoms with Crippen LogP contribution in [0.2, 0.25) is 0 Å². The highest BCUT2D eigenvalue weighted by Crippen LogP contribution is 2.21. The molecule has 0 saturated carbocycles. The lowest BCUT2D eigenvalue weighted by Gasteiger charge is -2.25. The van der Waals surface area contributed by atoms with Crippen LogP contribution < -0.4 is 11.1 Å². The van der Waals surface area contributed by atoms with Gasteiger partial charge >= 0.3 is 0 Å². The zero-order chi connectivity index (χ0) is 12.2. The highest BCUT2D eigenvalue weighted by atomic mass is 32.1. The van der Waals surface area contributed by atoms with Crippen molar-refractivity contribution in [3.63, 3.8) is 0 Å². The minimum atomic E-state index is -0.834. The van der Waals surface area contributed by atoms with Crippen LogP contribution >= 0.6 is 12.2 Å². The van der Waals surface area contributed by atoms with Gasteiger partial charge in [-0.15, -0.1) is 10.2 Å². The topological polar surface area (TPSA) is 110 Å². The largest absolute Gasteiger partial charge is 0.392 e. The normalized spacial score (nSPS) is 14.1. The average molecular weight is 242 g/mol. The van der Waals surface area contributed by atoms with Crippen LogP contribution in [0.25, 0.3) is 0 Å². The van der Waals surface area contributed by atoms with Crippen molar-refractivity contribution in [2.75, 3.05) is 0 Å². The Balaban J connectivity index is 2.60. The smallest absolute Gasteiger partial charge is 0.233 e. The van der Waals surface area contributed by atoms with Crippen molar-refractivity contribution in [3.8, 4) is 0 Å². The summed E-state index contributed by atoms with van der Waals surface area (Å²) in [5.41, 5.74) is 4.72.